The first kappa shape index (κ1) is 13.9. The van der Waals surface area contributed by atoms with Crippen LogP contribution in [0.2, 0.25) is 0 Å². The summed E-state index contributed by atoms with van der Waals surface area (Å²) in [6.45, 7) is 4.87. The zero-order valence-electron chi connectivity index (χ0n) is 11.1. The zero-order chi connectivity index (χ0) is 13.8. The first-order valence-electron chi connectivity index (χ1n) is 6.23. The summed E-state index contributed by atoms with van der Waals surface area (Å²) >= 11 is 3.51. The quantitative estimate of drug-likeness (QED) is 0.739. The van der Waals surface area contributed by atoms with E-state index in [4.69, 9.17) is 5.73 Å². The molecule has 0 aliphatic heterocycles. The molecule has 0 saturated carbocycles. The molecule has 2 aromatic heterocycles. The van der Waals surface area contributed by atoms with Gasteiger partial charge >= 0.3 is 0 Å². The fourth-order valence-corrected chi connectivity index (χ4v) is 2.30. The van der Waals surface area contributed by atoms with E-state index < -0.39 is 0 Å². The number of aromatic amines is 1. The Labute approximate surface area is 121 Å². The Hall–Kier alpha value is -1.56. The second-order valence-corrected chi connectivity index (χ2v) is 5.34. The Bertz CT molecular complexity index is 564. The minimum Gasteiger partial charge on any atom is -0.397 e. The Morgan fingerprint density at radius 2 is 2.16 bits per heavy atom. The van der Waals surface area contributed by atoms with Crippen LogP contribution >= 0.6 is 15.9 Å². The summed E-state index contributed by atoms with van der Waals surface area (Å²) in [5.74, 6) is 0.843. The van der Waals surface area contributed by atoms with Gasteiger partial charge in [-0.2, -0.15) is 5.10 Å². The Morgan fingerprint density at radius 3 is 2.84 bits per heavy atom. The maximum Gasteiger partial charge on any atom is 0.140 e. The molecule has 0 radical (unpaired) electrons. The van der Waals surface area contributed by atoms with Gasteiger partial charge in [-0.05, 0) is 53.7 Å². The third kappa shape index (κ3) is 3.26. The molecule has 0 aliphatic carbocycles. The van der Waals surface area contributed by atoms with Crippen molar-refractivity contribution in [1.29, 1.82) is 0 Å². The molecule has 5 nitrogen and oxygen atoms in total. The molecule has 4 N–H and O–H groups in total. The number of halogens is 1. The van der Waals surface area contributed by atoms with Gasteiger partial charge in [0.25, 0.3) is 0 Å². The van der Waals surface area contributed by atoms with Crippen LogP contribution in [0.5, 0.6) is 0 Å². The predicted molar refractivity (Wildman–Crippen MR) is 81.2 cm³/mol. The molecule has 6 heteroatoms. The van der Waals surface area contributed by atoms with E-state index in [0.29, 0.717) is 5.69 Å². The van der Waals surface area contributed by atoms with E-state index in [0.717, 1.165) is 40.9 Å². The van der Waals surface area contributed by atoms with Crippen molar-refractivity contribution in [3.8, 4) is 0 Å². The van der Waals surface area contributed by atoms with Crippen LogP contribution in [0, 0.1) is 13.8 Å². The molecular formula is C13H18BrN5. The standard InChI is InChI=1S/C13H18BrN5/c1-8-11(15)7-17-13(12(8)14)16-5-3-4-10-6-18-19-9(10)2/h6-7H,3-5,15H2,1-2H3,(H,16,17)(H,18,19). The molecule has 2 aromatic rings. The third-order valence-corrected chi connectivity index (χ3v) is 4.12. The lowest BCUT2D eigenvalue weighted by Crippen LogP contribution is -2.07. The molecule has 0 aromatic carbocycles. The third-order valence-electron chi connectivity index (χ3n) is 3.15. The molecule has 2 heterocycles. The lowest BCUT2D eigenvalue weighted by atomic mass is 10.1. The van der Waals surface area contributed by atoms with Crippen LogP contribution in [0.1, 0.15) is 23.2 Å². The van der Waals surface area contributed by atoms with Crippen molar-refractivity contribution >= 4 is 27.4 Å². The van der Waals surface area contributed by atoms with E-state index in [9.17, 15) is 0 Å². The summed E-state index contributed by atoms with van der Waals surface area (Å²) in [7, 11) is 0. The van der Waals surface area contributed by atoms with Crippen LogP contribution in [0.3, 0.4) is 0 Å². The van der Waals surface area contributed by atoms with Gasteiger partial charge in [0.2, 0.25) is 0 Å². The van der Waals surface area contributed by atoms with Crippen LogP contribution in [-0.2, 0) is 6.42 Å². The number of aromatic nitrogens is 3. The Balaban J connectivity index is 1.86. The van der Waals surface area contributed by atoms with Crippen LogP contribution in [0.25, 0.3) is 0 Å². The smallest absolute Gasteiger partial charge is 0.140 e. The summed E-state index contributed by atoms with van der Waals surface area (Å²) in [4.78, 5) is 4.29. The molecule has 0 unspecified atom stereocenters. The number of anilines is 2. The lowest BCUT2D eigenvalue weighted by molar-refractivity contribution is 0.852. The van der Waals surface area contributed by atoms with Crippen molar-refractivity contribution in [3.05, 3.63) is 33.7 Å². The molecule has 2 rings (SSSR count). The number of hydrogen-bond donors (Lipinski definition) is 3. The molecule has 19 heavy (non-hydrogen) atoms. The largest absolute Gasteiger partial charge is 0.397 e. The van der Waals surface area contributed by atoms with E-state index in [1.54, 1.807) is 6.20 Å². The van der Waals surface area contributed by atoms with Crippen molar-refractivity contribution < 1.29 is 0 Å². The maximum absolute atomic E-state index is 5.79. The minimum atomic E-state index is 0.700. The van der Waals surface area contributed by atoms with Crippen molar-refractivity contribution in [2.45, 2.75) is 26.7 Å². The summed E-state index contributed by atoms with van der Waals surface area (Å²) in [6, 6.07) is 0. The van der Waals surface area contributed by atoms with Gasteiger partial charge in [-0.3, -0.25) is 5.10 Å². The molecule has 102 valence electrons. The summed E-state index contributed by atoms with van der Waals surface area (Å²) in [6.07, 6.45) is 5.60. The van der Waals surface area contributed by atoms with E-state index >= 15 is 0 Å². The molecular weight excluding hydrogens is 306 g/mol. The average molecular weight is 324 g/mol. The van der Waals surface area contributed by atoms with Crippen LogP contribution in [-0.4, -0.2) is 21.7 Å². The normalized spacial score (nSPS) is 10.7. The average Bonchev–Trinajstić information content (AvgIpc) is 2.80. The number of H-pyrrole nitrogens is 1. The lowest BCUT2D eigenvalue weighted by Gasteiger charge is -2.10. The molecule has 0 atom stereocenters. The summed E-state index contributed by atoms with van der Waals surface area (Å²) < 4.78 is 0.937. The van der Waals surface area contributed by atoms with Crippen LogP contribution in [0.15, 0.2) is 16.9 Å². The number of aryl methyl sites for hydroxylation is 2. The van der Waals surface area contributed by atoms with E-state index in [1.807, 2.05) is 20.0 Å². The topological polar surface area (TPSA) is 79.6 Å². The summed E-state index contributed by atoms with van der Waals surface area (Å²) in [5.41, 5.74) is 9.92. The zero-order valence-corrected chi connectivity index (χ0v) is 12.7. The Kier molecular flexibility index (Phi) is 4.42. The number of nitrogens with two attached hydrogens (primary N) is 1. The van der Waals surface area contributed by atoms with E-state index in [1.165, 1.54) is 5.56 Å². The highest BCUT2D eigenvalue weighted by atomic mass is 79.9. The molecule has 0 saturated heterocycles. The first-order valence-corrected chi connectivity index (χ1v) is 7.02. The van der Waals surface area contributed by atoms with Gasteiger partial charge < -0.3 is 11.1 Å². The van der Waals surface area contributed by atoms with Gasteiger partial charge in [-0.25, -0.2) is 4.98 Å². The minimum absolute atomic E-state index is 0.700. The predicted octanol–water partition coefficient (Wildman–Crippen LogP) is 2.81. The second-order valence-electron chi connectivity index (χ2n) is 4.55. The highest BCUT2D eigenvalue weighted by Crippen LogP contribution is 2.27. The number of nitrogens with one attached hydrogen (secondary N) is 2. The van der Waals surface area contributed by atoms with Gasteiger partial charge in [0.15, 0.2) is 0 Å². The Morgan fingerprint density at radius 1 is 1.37 bits per heavy atom. The van der Waals surface area contributed by atoms with Gasteiger partial charge in [-0.1, -0.05) is 0 Å². The van der Waals surface area contributed by atoms with Crippen molar-refractivity contribution in [2.75, 3.05) is 17.6 Å². The monoisotopic (exact) mass is 323 g/mol. The fraction of sp³-hybridized carbons (Fsp3) is 0.385. The fourth-order valence-electron chi connectivity index (χ4n) is 1.83. The maximum atomic E-state index is 5.79. The number of nitrogen functional groups attached to an aromatic ring is 1. The van der Waals surface area contributed by atoms with Gasteiger partial charge in [0, 0.05) is 12.2 Å². The number of hydrogen-bond acceptors (Lipinski definition) is 4. The highest BCUT2D eigenvalue weighted by Gasteiger charge is 2.07. The molecule has 0 spiro atoms. The number of nitrogens with zero attached hydrogens (tertiary/aromatic N) is 2. The van der Waals surface area contributed by atoms with Crippen molar-refractivity contribution in [3.63, 3.8) is 0 Å². The molecule has 0 fully saturated rings. The van der Waals surface area contributed by atoms with Crippen LogP contribution in [0.4, 0.5) is 11.5 Å². The van der Waals surface area contributed by atoms with Crippen LogP contribution < -0.4 is 11.1 Å². The summed E-state index contributed by atoms with van der Waals surface area (Å²) in [5, 5.41) is 10.3. The SMILES string of the molecule is Cc1[nH]ncc1CCCNc1ncc(N)c(C)c1Br. The second kappa shape index (κ2) is 6.06. The molecule has 0 aliphatic rings. The van der Waals surface area contributed by atoms with Gasteiger partial charge in [-0.15, -0.1) is 0 Å². The van der Waals surface area contributed by atoms with Crippen molar-refractivity contribution in [2.24, 2.45) is 0 Å². The van der Waals surface area contributed by atoms with Gasteiger partial charge in [0.1, 0.15) is 5.82 Å². The number of rotatable bonds is 5. The van der Waals surface area contributed by atoms with Gasteiger partial charge in [0.05, 0.1) is 22.6 Å². The van der Waals surface area contributed by atoms with E-state index in [2.05, 4.69) is 36.4 Å². The first-order chi connectivity index (χ1) is 9.09. The van der Waals surface area contributed by atoms with Crippen molar-refractivity contribution in [1.82, 2.24) is 15.2 Å². The number of pyridine rings is 1. The highest BCUT2D eigenvalue weighted by molar-refractivity contribution is 9.10. The van der Waals surface area contributed by atoms with E-state index in [-0.39, 0.29) is 0 Å². The molecule has 0 bridgehead atoms. The molecule has 0 amide bonds.